The molecule has 0 spiro atoms. The van der Waals surface area contributed by atoms with Gasteiger partial charge in [-0.05, 0) is 63.6 Å². The Kier molecular flexibility index (Phi) is 6.86. The number of anilines is 1. The van der Waals surface area contributed by atoms with Crippen LogP contribution in [0.15, 0.2) is 30.5 Å². The first-order valence-electron chi connectivity index (χ1n) is 12.0. The van der Waals surface area contributed by atoms with E-state index in [0.29, 0.717) is 21.9 Å². The zero-order valence-corrected chi connectivity index (χ0v) is 22.4. The number of benzene rings is 1. The minimum Gasteiger partial charge on any atom is -0.467 e. The van der Waals surface area contributed by atoms with Gasteiger partial charge in [0.1, 0.15) is 5.82 Å². The Hall–Kier alpha value is -2.64. The van der Waals surface area contributed by atoms with Crippen LogP contribution in [0, 0.1) is 12.3 Å². The van der Waals surface area contributed by atoms with E-state index in [1.54, 1.807) is 0 Å². The van der Waals surface area contributed by atoms with Gasteiger partial charge in [-0.25, -0.2) is 9.78 Å². The Morgan fingerprint density at radius 3 is 2.49 bits per heavy atom. The molecule has 1 saturated heterocycles. The quantitative estimate of drug-likeness (QED) is 0.401. The Balaban J connectivity index is 1.96. The van der Waals surface area contributed by atoms with Crippen LogP contribution in [0.25, 0.3) is 16.8 Å². The van der Waals surface area contributed by atoms with Crippen molar-refractivity contribution in [3.63, 3.8) is 0 Å². The van der Waals surface area contributed by atoms with E-state index in [4.69, 9.17) is 31.2 Å². The van der Waals surface area contributed by atoms with Crippen molar-refractivity contribution in [3.8, 4) is 11.1 Å². The number of piperidine rings is 1. The fourth-order valence-electron chi connectivity index (χ4n) is 4.58. The standard InChI is InChI=1S/C27H35ClN4O3/c1-17-21(22(25(33)34-7)35-26(2,3)4)24(31-13-11-27(5,6)12-14-31)32-23(30-17)20(16-29-32)18-9-8-10-19(28)15-18/h8-10,15-16,22H,11-14H2,1-7H3. The molecule has 1 aliphatic rings. The summed E-state index contributed by atoms with van der Waals surface area (Å²) in [5.41, 5.74) is 3.63. The van der Waals surface area contributed by atoms with E-state index in [-0.39, 0.29) is 5.41 Å². The van der Waals surface area contributed by atoms with E-state index in [9.17, 15) is 4.79 Å². The third kappa shape index (κ3) is 5.31. The second kappa shape index (κ2) is 9.43. The molecule has 0 saturated carbocycles. The molecule has 0 amide bonds. The molecule has 1 aromatic carbocycles. The molecule has 3 heterocycles. The Morgan fingerprint density at radius 2 is 1.89 bits per heavy atom. The number of nitrogens with zero attached hydrogens (tertiary/aromatic N) is 4. The van der Waals surface area contributed by atoms with Crippen LogP contribution in [0.4, 0.5) is 5.82 Å². The summed E-state index contributed by atoms with van der Waals surface area (Å²) < 4.78 is 13.3. The summed E-state index contributed by atoms with van der Waals surface area (Å²) in [4.78, 5) is 20.3. The number of carbonyl (C=O) groups excluding carboxylic acids is 1. The molecule has 2 aromatic heterocycles. The summed E-state index contributed by atoms with van der Waals surface area (Å²) in [5, 5.41) is 5.41. The average Bonchev–Trinajstić information content (AvgIpc) is 3.19. The number of esters is 1. The zero-order valence-electron chi connectivity index (χ0n) is 21.7. The minimum atomic E-state index is -0.930. The molecule has 0 aliphatic carbocycles. The van der Waals surface area contributed by atoms with Gasteiger partial charge in [-0.15, -0.1) is 0 Å². The lowest BCUT2D eigenvalue weighted by atomic mass is 9.82. The van der Waals surface area contributed by atoms with E-state index in [1.807, 2.05) is 62.7 Å². The average molecular weight is 499 g/mol. The van der Waals surface area contributed by atoms with Crippen LogP contribution in [-0.4, -0.2) is 46.4 Å². The molecule has 0 N–H and O–H groups in total. The highest BCUT2D eigenvalue weighted by Crippen LogP contribution is 2.40. The highest BCUT2D eigenvalue weighted by Gasteiger charge is 2.37. The molecule has 1 aliphatic heterocycles. The molecular weight excluding hydrogens is 464 g/mol. The number of ether oxygens (including phenoxy) is 2. The smallest absolute Gasteiger partial charge is 0.339 e. The normalized spacial score (nSPS) is 17.0. The van der Waals surface area contributed by atoms with Crippen molar-refractivity contribution >= 4 is 29.0 Å². The summed E-state index contributed by atoms with van der Waals surface area (Å²) in [6.45, 7) is 14.0. The van der Waals surface area contributed by atoms with Crippen molar-refractivity contribution in [1.29, 1.82) is 0 Å². The third-order valence-corrected chi connectivity index (χ3v) is 6.78. The summed E-state index contributed by atoms with van der Waals surface area (Å²) in [7, 11) is 1.39. The van der Waals surface area contributed by atoms with E-state index in [1.165, 1.54) is 7.11 Å². The van der Waals surface area contributed by atoms with Crippen LogP contribution in [0.2, 0.25) is 5.02 Å². The lowest BCUT2D eigenvalue weighted by Gasteiger charge is -2.39. The van der Waals surface area contributed by atoms with Gasteiger partial charge in [-0.2, -0.15) is 9.61 Å². The Bertz CT molecular complexity index is 1240. The van der Waals surface area contributed by atoms with Crippen LogP contribution in [0.1, 0.15) is 64.8 Å². The van der Waals surface area contributed by atoms with Gasteiger partial charge in [-0.3, -0.25) is 0 Å². The highest BCUT2D eigenvalue weighted by molar-refractivity contribution is 6.30. The predicted molar refractivity (Wildman–Crippen MR) is 139 cm³/mol. The van der Waals surface area contributed by atoms with Crippen LogP contribution < -0.4 is 4.90 Å². The van der Waals surface area contributed by atoms with Gasteiger partial charge in [0.05, 0.1) is 24.5 Å². The SMILES string of the molecule is COC(=O)C(OC(C)(C)C)c1c(C)nc2c(-c3cccc(Cl)c3)cnn2c1N1CCC(C)(C)CC1. The van der Waals surface area contributed by atoms with Crippen molar-refractivity contribution in [2.45, 2.75) is 66.1 Å². The number of aryl methyl sites for hydroxylation is 1. The summed E-state index contributed by atoms with van der Waals surface area (Å²) >= 11 is 6.28. The molecule has 188 valence electrons. The molecule has 0 bridgehead atoms. The molecule has 1 atom stereocenters. The molecule has 7 nitrogen and oxygen atoms in total. The maximum Gasteiger partial charge on any atom is 0.339 e. The fraction of sp³-hybridized carbons (Fsp3) is 0.519. The van der Waals surface area contributed by atoms with Crippen LogP contribution in [0.5, 0.6) is 0 Å². The molecule has 1 fully saturated rings. The van der Waals surface area contributed by atoms with Gasteiger partial charge in [-0.1, -0.05) is 37.6 Å². The van der Waals surface area contributed by atoms with E-state index in [0.717, 1.165) is 42.9 Å². The van der Waals surface area contributed by atoms with Gasteiger partial charge in [0, 0.05) is 29.4 Å². The number of halogens is 1. The number of hydrogen-bond acceptors (Lipinski definition) is 6. The Morgan fingerprint density at radius 1 is 1.20 bits per heavy atom. The van der Waals surface area contributed by atoms with E-state index >= 15 is 0 Å². The number of fused-ring (bicyclic) bond motifs is 1. The van der Waals surface area contributed by atoms with Gasteiger partial charge in [0.25, 0.3) is 0 Å². The van der Waals surface area contributed by atoms with Gasteiger partial charge < -0.3 is 14.4 Å². The molecule has 35 heavy (non-hydrogen) atoms. The monoisotopic (exact) mass is 498 g/mol. The second-order valence-corrected chi connectivity index (χ2v) is 11.5. The number of aromatic nitrogens is 3. The first kappa shape index (κ1) is 25.5. The number of carbonyl (C=O) groups is 1. The molecule has 3 aromatic rings. The summed E-state index contributed by atoms with van der Waals surface area (Å²) in [6, 6.07) is 7.67. The van der Waals surface area contributed by atoms with Crippen molar-refractivity contribution in [2.24, 2.45) is 5.41 Å². The first-order chi connectivity index (χ1) is 16.4. The number of rotatable bonds is 5. The first-order valence-corrected chi connectivity index (χ1v) is 12.4. The molecule has 0 radical (unpaired) electrons. The van der Waals surface area contributed by atoms with Crippen molar-refractivity contribution < 1.29 is 14.3 Å². The van der Waals surface area contributed by atoms with Crippen molar-refractivity contribution in [1.82, 2.24) is 14.6 Å². The van der Waals surface area contributed by atoms with Crippen LogP contribution >= 0.6 is 11.6 Å². The highest BCUT2D eigenvalue weighted by atomic mass is 35.5. The maximum atomic E-state index is 13.0. The molecule has 4 rings (SSSR count). The lowest BCUT2D eigenvalue weighted by Crippen LogP contribution is -2.40. The van der Waals surface area contributed by atoms with Gasteiger partial charge >= 0.3 is 5.97 Å². The minimum absolute atomic E-state index is 0.261. The number of hydrogen-bond donors (Lipinski definition) is 0. The Labute approximate surface area is 212 Å². The molecular formula is C27H35ClN4O3. The summed E-state index contributed by atoms with van der Waals surface area (Å²) in [6.07, 6.45) is 2.94. The van der Waals surface area contributed by atoms with Crippen molar-refractivity contribution in [3.05, 3.63) is 46.7 Å². The fourth-order valence-corrected chi connectivity index (χ4v) is 4.77. The van der Waals surface area contributed by atoms with E-state index in [2.05, 4.69) is 18.7 Å². The molecule has 8 heteroatoms. The van der Waals surface area contributed by atoms with Crippen LogP contribution in [-0.2, 0) is 14.3 Å². The lowest BCUT2D eigenvalue weighted by molar-refractivity contribution is -0.164. The summed E-state index contributed by atoms with van der Waals surface area (Å²) in [5.74, 6) is 0.376. The third-order valence-electron chi connectivity index (χ3n) is 6.55. The van der Waals surface area contributed by atoms with Gasteiger partial charge in [0.2, 0.25) is 0 Å². The maximum absolute atomic E-state index is 13.0. The predicted octanol–water partition coefficient (Wildman–Crippen LogP) is 6.01. The molecule has 1 unspecified atom stereocenters. The van der Waals surface area contributed by atoms with E-state index < -0.39 is 17.7 Å². The topological polar surface area (TPSA) is 69.0 Å². The number of methoxy groups -OCH3 is 1. The van der Waals surface area contributed by atoms with Gasteiger partial charge in [0.15, 0.2) is 11.8 Å². The second-order valence-electron chi connectivity index (χ2n) is 11.0. The zero-order chi connectivity index (χ0) is 25.5. The largest absolute Gasteiger partial charge is 0.467 e. The van der Waals surface area contributed by atoms with Crippen LogP contribution in [0.3, 0.4) is 0 Å². The van der Waals surface area contributed by atoms with Crippen molar-refractivity contribution in [2.75, 3.05) is 25.1 Å².